The van der Waals surface area contributed by atoms with E-state index in [1.54, 1.807) is 18.0 Å². The Labute approximate surface area is 137 Å². The quantitative estimate of drug-likeness (QED) is 0.720. The van der Waals surface area contributed by atoms with E-state index >= 15 is 0 Å². The molecule has 0 fully saturated rings. The largest absolute Gasteiger partial charge is 0.464 e. The van der Waals surface area contributed by atoms with Gasteiger partial charge in [-0.25, -0.2) is 4.98 Å². The lowest BCUT2D eigenvalue weighted by atomic mass is 10.3. The molecule has 3 heterocycles. The molecule has 3 aromatic rings. The number of hydrogen-bond acceptors (Lipinski definition) is 5. The summed E-state index contributed by atoms with van der Waals surface area (Å²) in [6.45, 7) is 2.60. The fourth-order valence-corrected chi connectivity index (χ4v) is 3.07. The van der Waals surface area contributed by atoms with Gasteiger partial charge in [-0.2, -0.15) is 0 Å². The summed E-state index contributed by atoms with van der Waals surface area (Å²) >= 11 is 1.43. The third kappa shape index (κ3) is 3.34. The average molecular weight is 331 g/mol. The summed E-state index contributed by atoms with van der Waals surface area (Å²) in [5.41, 5.74) is -0.103. The molecule has 0 N–H and O–H groups in total. The molecule has 6 nitrogen and oxygen atoms in total. The van der Waals surface area contributed by atoms with E-state index in [4.69, 9.17) is 4.42 Å². The van der Waals surface area contributed by atoms with Crippen molar-refractivity contribution in [2.75, 3.05) is 7.05 Å². The smallest absolute Gasteiger partial charge is 0.262 e. The summed E-state index contributed by atoms with van der Waals surface area (Å²) in [7, 11) is 1.73. The zero-order valence-electron chi connectivity index (χ0n) is 13.0. The van der Waals surface area contributed by atoms with Gasteiger partial charge in [-0.1, -0.05) is 0 Å². The molecule has 3 rings (SSSR count). The molecule has 23 heavy (non-hydrogen) atoms. The monoisotopic (exact) mass is 331 g/mol. The molecular weight excluding hydrogens is 314 g/mol. The van der Waals surface area contributed by atoms with Crippen LogP contribution in [-0.2, 0) is 17.9 Å². The number of aromatic nitrogens is 2. The van der Waals surface area contributed by atoms with Crippen LogP contribution in [-0.4, -0.2) is 27.4 Å². The van der Waals surface area contributed by atoms with E-state index in [-0.39, 0.29) is 17.9 Å². The van der Waals surface area contributed by atoms with Crippen molar-refractivity contribution in [1.29, 1.82) is 0 Å². The number of amides is 1. The van der Waals surface area contributed by atoms with Crippen LogP contribution >= 0.6 is 11.3 Å². The Kier molecular flexibility index (Phi) is 4.29. The SMILES string of the molecule is Cc1ccc(CN(C)C(=O)CCn2cnc3sccc3c2=O)o1. The van der Waals surface area contributed by atoms with E-state index in [1.807, 2.05) is 24.4 Å². The molecule has 0 aliphatic carbocycles. The van der Waals surface area contributed by atoms with Crippen molar-refractivity contribution < 1.29 is 9.21 Å². The van der Waals surface area contributed by atoms with Crippen LogP contribution in [0.25, 0.3) is 10.2 Å². The number of carbonyl (C=O) groups excluding carboxylic acids is 1. The van der Waals surface area contributed by atoms with Gasteiger partial charge in [-0.05, 0) is 30.5 Å². The maximum absolute atomic E-state index is 12.3. The molecule has 0 radical (unpaired) electrons. The number of aryl methyl sites for hydroxylation is 2. The predicted molar refractivity (Wildman–Crippen MR) is 88.4 cm³/mol. The number of hydrogen-bond donors (Lipinski definition) is 0. The molecule has 0 bridgehead atoms. The molecule has 0 unspecified atom stereocenters. The van der Waals surface area contributed by atoms with Gasteiger partial charge in [0, 0.05) is 20.0 Å². The van der Waals surface area contributed by atoms with Crippen LogP contribution in [0.5, 0.6) is 0 Å². The summed E-state index contributed by atoms with van der Waals surface area (Å²) in [6, 6.07) is 5.49. The minimum absolute atomic E-state index is 0.0450. The molecule has 0 aliphatic heterocycles. The summed E-state index contributed by atoms with van der Waals surface area (Å²) in [6.07, 6.45) is 1.75. The van der Waals surface area contributed by atoms with Crippen molar-refractivity contribution in [3.8, 4) is 0 Å². The van der Waals surface area contributed by atoms with Crippen LogP contribution < -0.4 is 5.56 Å². The Morgan fingerprint density at radius 2 is 2.22 bits per heavy atom. The highest BCUT2D eigenvalue weighted by Gasteiger charge is 2.12. The second-order valence-electron chi connectivity index (χ2n) is 5.39. The fourth-order valence-electron chi connectivity index (χ4n) is 2.35. The Morgan fingerprint density at radius 1 is 1.39 bits per heavy atom. The van der Waals surface area contributed by atoms with Gasteiger partial charge in [0.15, 0.2) is 0 Å². The fraction of sp³-hybridized carbons (Fsp3) is 0.312. The summed E-state index contributed by atoms with van der Waals surface area (Å²) in [5, 5.41) is 2.44. The van der Waals surface area contributed by atoms with Crippen LogP contribution in [0.1, 0.15) is 17.9 Å². The molecular formula is C16H17N3O3S. The van der Waals surface area contributed by atoms with Crippen LogP contribution in [0.4, 0.5) is 0 Å². The number of nitrogens with zero attached hydrogens (tertiary/aromatic N) is 3. The van der Waals surface area contributed by atoms with Crippen LogP contribution in [0, 0.1) is 6.92 Å². The van der Waals surface area contributed by atoms with E-state index in [2.05, 4.69) is 4.98 Å². The first-order chi connectivity index (χ1) is 11.0. The van der Waals surface area contributed by atoms with E-state index in [0.29, 0.717) is 18.5 Å². The van der Waals surface area contributed by atoms with Gasteiger partial charge in [-0.3, -0.25) is 14.2 Å². The molecule has 0 atom stereocenters. The van der Waals surface area contributed by atoms with Crippen LogP contribution in [0.15, 0.2) is 39.1 Å². The maximum Gasteiger partial charge on any atom is 0.262 e. The average Bonchev–Trinajstić information content (AvgIpc) is 3.15. The highest BCUT2D eigenvalue weighted by Crippen LogP contribution is 2.13. The Hall–Kier alpha value is -2.41. The normalized spacial score (nSPS) is 11.0. The van der Waals surface area contributed by atoms with Gasteiger partial charge >= 0.3 is 0 Å². The first kappa shape index (κ1) is 15.5. The molecule has 0 saturated heterocycles. The lowest BCUT2D eigenvalue weighted by Crippen LogP contribution is -2.29. The van der Waals surface area contributed by atoms with Gasteiger partial charge in [-0.15, -0.1) is 11.3 Å². The Balaban J connectivity index is 1.63. The molecule has 120 valence electrons. The Bertz CT molecular complexity index is 893. The number of furan rings is 1. The maximum atomic E-state index is 12.3. The van der Waals surface area contributed by atoms with Crippen molar-refractivity contribution in [3.05, 3.63) is 51.8 Å². The summed E-state index contributed by atoms with van der Waals surface area (Å²) in [5.74, 6) is 1.52. The third-order valence-corrected chi connectivity index (χ3v) is 4.45. The van der Waals surface area contributed by atoms with Gasteiger partial charge in [0.25, 0.3) is 5.56 Å². The van der Waals surface area contributed by atoms with E-state index in [9.17, 15) is 9.59 Å². The summed E-state index contributed by atoms with van der Waals surface area (Å²) in [4.78, 5) is 31.0. The van der Waals surface area contributed by atoms with Crippen molar-refractivity contribution in [2.45, 2.75) is 26.4 Å². The number of carbonyl (C=O) groups is 1. The zero-order chi connectivity index (χ0) is 16.4. The van der Waals surface area contributed by atoms with E-state index < -0.39 is 0 Å². The minimum Gasteiger partial charge on any atom is -0.464 e. The molecule has 0 aromatic carbocycles. The number of rotatable bonds is 5. The van der Waals surface area contributed by atoms with Crippen molar-refractivity contribution >= 4 is 27.5 Å². The van der Waals surface area contributed by atoms with E-state index in [0.717, 1.165) is 16.4 Å². The first-order valence-corrected chi connectivity index (χ1v) is 8.14. The Morgan fingerprint density at radius 3 is 2.96 bits per heavy atom. The lowest BCUT2D eigenvalue weighted by molar-refractivity contribution is -0.130. The molecule has 0 aliphatic rings. The van der Waals surface area contributed by atoms with Gasteiger partial charge in [0.05, 0.1) is 18.3 Å². The molecule has 7 heteroatoms. The van der Waals surface area contributed by atoms with Crippen molar-refractivity contribution in [2.24, 2.45) is 0 Å². The van der Waals surface area contributed by atoms with Gasteiger partial charge < -0.3 is 9.32 Å². The van der Waals surface area contributed by atoms with Crippen LogP contribution in [0.3, 0.4) is 0 Å². The van der Waals surface area contributed by atoms with Crippen LogP contribution in [0.2, 0.25) is 0 Å². The molecule has 0 spiro atoms. The predicted octanol–water partition coefficient (Wildman–Crippen LogP) is 2.41. The zero-order valence-corrected chi connectivity index (χ0v) is 13.8. The third-order valence-electron chi connectivity index (χ3n) is 3.63. The van der Waals surface area contributed by atoms with Gasteiger partial charge in [0.2, 0.25) is 5.91 Å². The second-order valence-corrected chi connectivity index (χ2v) is 6.29. The molecule has 0 saturated carbocycles. The van der Waals surface area contributed by atoms with Gasteiger partial charge in [0.1, 0.15) is 16.4 Å². The lowest BCUT2D eigenvalue weighted by Gasteiger charge is -2.16. The highest BCUT2D eigenvalue weighted by molar-refractivity contribution is 7.16. The van der Waals surface area contributed by atoms with E-state index in [1.165, 1.54) is 22.2 Å². The van der Waals surface area contributed by atoms with Crippen molar-refractivity contribution in [1.82, 2.24) is 14.5 Å². The molecule has 1 amide bonds. The standard InChI is InChI=1S/C16H17N3O3S/c1-11-3-4-12(22-11)9-18(2)14(20)5-7-19-10-17-15-13(16(19)21)6-8-23-15/h3-4,6,8,10H,5,7,9H2,1-2H3. The summed E-state index contributed by atoms with van der Waals surface area (Å²) < 4.78 is 6.95. The second kappa shape index (κ2) is 6.37. The minimum atomic E-state index is -0.103. The highest BCUT2D eigenvalue weighted by atomic mass is 32.1. The number of thiophene rings is 1. The van der Waals surface area contributed by atoms with Crippen molar-refractivity contribution in [3.63, 3.8) is 0 Å². The first-order valence-electron chi connectivity index (χ1n) is 7.26. The topological polar surface area (TPSA) is 68.3 Å². The number of fused-ring (bicyclic) bond motifs is 1. The molecule has 3 aromatic heterocycles.